The van der Waals surface area contributed by atoms with Gasteiger partial charge in [0, 0.05) is 15.2 Å². The van der Waals surface area contributed by atoms with Crippen LogP contribution in [-0.2, 0) is 0 Å². The van der Waals surface area contributed by atoms with Crippen molar-refractivity contribution in [2.24, 2.45) is 0 Å². The molecule has 0 unspecified atom stereocenters. The fourth-order valence-electron chi connectivity index (χ4n) is 2.52. The number of hydrogen-bond donors (Lipinski definition) is 0. The Hall–Kier alpha value is -2.05. The summed E-state index contributed by atoms with van der Waals surface area (Å²) in [6, 6.07) is 9.56. The highest BCUT2D eigenvalue weighted by Crippen LogP contribution is 2.31. The number of nitriles is 1. The first kappa shape index (κ1) is 18.3. The molecule has 0 fully saturated rings. The van der Waals surface area contributed by atoms with Crippen molar-refractivity contribution in [1.29, 1.82) is 5.26 Å². The number of nitrogens with zero attached hydrogens (tertiary/aromatic N) is 2. The summed E-state index contributed by atoms with van der Waals surface area (Å²) in [6.07, 6.45) is 1.79. The highest BCUT2D eigenvalue weighted by atomic mass is 79.9. The summed E-state index contributed by atoms with van der Waals surface area (Å²) in [5, 5.41) is 16.5. The SMILES string of the molecule is N#C/C(=C\c1ccsc1)c1nc(-c2cc3cc(Br)cc(Br)c3oc2=O)cs1. The molecule has 27 heavy (non-hydrogen) atoms. The standard InChI is InChI=1S/C19H8Br2N2O2S2/c20-13-4-11-5-14(19(24)25-17(11)15(21)6-13)16-9-27-18(23-16)12(7-22)3-10-1-2-26-8-10/h1-6,8-9H/b12-3+. The molecule has 0 spiro atoms. The van der Waals surface area contributed by atoms with Crippen molar-refractivity contribution >= 4 is 77.2 Å². The fourth-order valence-corrected chi connectivity index (χ4v) is 5.27. The maximum atomic E-state index is 12.5. The number of thiophene rings is 1. The lowest BCUT2D eigenvalue weighted by Crippen LogP contribution is -2.03. The number of fused-ring (bicyclic) bond motifs is 1. The average molecular weight is 520 g/mol. The maximum absolute atomic E-state index is 12.5. The topological polar surface area (TPSA) is 66.9 Å². The molecule has 4 rings (SSSR count). The molecule has 3 aromatic heterocycles. The number of benzene rings is 1. The maximum Gasteiger partial charge on any atom is 0.345 e. The minimum Gasteiger partial charge on any atom is -0.421 e. The molecular formula is C19H8Br2N2O2S2. The third-order valence-electron chi connectivity index (χ3n) is 3.74. The van der Waals surface area contributed by atoms with E-state index >= 15 is 0 Å². The van der Waals surface area contributed by atoms with E-state index in [0.717, 1.165) is 15.4 Å². The lowest BCUT2D eigenvalue weighted by atomic mass is 10.1. The molecule has 3 heterocycles. The second-order valence-corrected chi connectivity index (χ2v) is 8.93. The molecule has 0 amide bonds. The van der Waals surface area contributed by atoms with E-state index in [1.807, 2.05) is 29.0 Å². The van der Waals surface area contributed by atoms with E-state index in [2.05, 4.69) is 42.9 Å². The first-order valence-corrected chi connectivity index (χ1v) is 11.0. The van der Waals surface area contributed by atoms with Gasteiger partial charge in [0.05, 0.1) is 21.3 Å². The molecule has 0 atom stereocenters. The van der Waals surface area contributed by atoms with Crippen molar-refractivity contribution in [1.82, 2.24) is 4.98 Å². The normalized spacial score (nSPS) is 11.7. The molecule has 0 aliphatic rings. The van der Waals surface area contributed by atoms with Gasteiger partial charge >= 0.3 is 5.63 Å². The molecule has 1 aromatic carbocycles. The number of hydrogen-bond acceptors (Lipinski definition) is 6. The third-order valence-corrected chi connectivity index (χ3v) is 6.36. The zero-order chi connectivity index (χ0) is 19.0. The Kier molecular flexibility index (Phi) is 5.10. The molecule has 0 aliphatic heterocycles. The van der Waals surface area contributed by atoms with Crippen molar-refractivity contribution in [2.45, 2.75) is 0 Å². The minimum absolute atomic E-state index is 0.364. The third kappa shape index (κ3) is 3.69. The lowest BCUT2D eigenvalue weighted by Gasteiger charge is -2.03. The molecule has 0 N–H and O–H groups in total. The predicted molar refractivity (Wildman–Crippen MR) is 117 cm³/mol. The highest BCUT2D eigenvalue weighted by Gasteiger charge is 2.15. The van der Waals surface area contributed by atoms with Crippen molar-refractivity contribution in [3.8, 4) is 17.3 Å². The zero-order valence-electron chi connectivity index (χ0n) is 13.4. The molecule has 4 nitrogen and oxygen atoms in total. The lowest BCUT2D eigenvalue weighted by molar-refractivity contribution is 0.561. The van der Waals surface area contributed by atoms with Gasteiger partial charge in [-0.1, -0.05) is 15.9 Å². The van der Waals surface area contributed by atoms with E-state index < -0.39 is 5.63 Å². The van der Waals surface area contributed by atoms with Crippen LogP contribution in [0.5, 0.6) is 0 Å². The van der Waals surface area contributed by atoms with Crippen LogP contribution in [0.2, 0.25) is 0 Å². The molecule has 4 aromatic rings. The molecule has 0 saturated heterocycles. The Morgan fingerprint density at radius 3 is 2.85 bits per heavy atom. The summed E-state index contributed by atoms with van der Waals surface area (Å²) in [5.41, 5.74) is 2.28. The number of rotatable bonds is 3. The zero-order valence-corrected chi connectivity index (χ0v) is 18.2. The molecule has 0 saturated carbocycles. The van der Waals surface area contributed by atoms with Crippen LogP contribution in [0.25, 0.3) is 33.9 Å². The summed E-state index contributed by atoms with van der Waals surface area (Å²) in [4.78, 5) is 17.0. The quantitative estimate of drug-likeness (QED) is 0.227. The van der Waals surface area contributed by atoms with Crippen LogP contribution in [0.1, 0.15) is 10.6 Å². The molecule has 8 heteroatoms. The Labute approximate surface area is 178 Å². The van der Waals surface area contributed by atoms with Crippen molar-refractivity contribution in [3.63, 3.8) is 0 Å². The molecule has 0 radical (unpaired) electrons. The molecular weight excluding hydrogens is 512 g/mol. The Balaban J connectivity index is 1.80. The van der Waals surface area contributed by atoms with Crippen molar-refractivity contribution in [3.05, 3.63) is 70.3 Å². The molecule has 132 valence electrons. The van der Waals surface area contributed by atoms with Gasteiger partial charge in [-0.15, -0.1) is 11.3 Å². The first-order chi connectivity index (χ1) is 13.0. The van der Waals surface area contributed by atoms with Crippen molar-refractivity contribution < 1.29 is 4.42 Å². The van der Waals surface area contributed by atoms with Crippen LogP contribution in [-0.4, -0.2) is 4.98 Å². The average Bonchev–Trinajstić information content (AvgIpc) is 3.31. The van der Waals surface area contributed by atoms with Crippen LogP contribution in [0.3, 0.4) is 0 Å². The van der Waals surface area contributed by atoms with Crippen LogP contribution in [0.15, 0.2) is 58.6 Å². The second kappa shape index (κ2) is 7.52. The van der Waals surface area contributed by atoms with Gasteiger partial charge in [0.2, 0.25) is 0 Å². The summed E-state index contributed by atoms with van der Waals surface area (Å²) in [7, 11) is 0. The number of halogens is 2. The predicted octanol–water partition coefficient (Wildman–Crippen LogP) is 6.57. The van der Waals surface area contributed by atoms with E-state index in [9.17, 15) is 10.1 Å². The Morgan fingerprint density at radius 2 is 2.11 bits per heavy atom. The van der Waals surface area contributed by atoms with E-state index in [-0.39, 0.29) is 0 Å². The number of aromatic nitrogens is 1. The number of thiazole rings is 1. The van der Waals surface area contributed by atoms with Gasteiger partial charge in [-0.2, -0.15) is 16.6 Å². The largest absolute Gasteiger partial charge is 0.421 e. The second-order valence-electron chi connectivity index (χ2n) is 5.52. The van der Waals surface area contributed by atoms with Gasteiger partial charge in [0.1, 0.15) is 11.1 Å². The Bertz CT molecular complexity index is 1280. The van der Waals surface area contributed by atoms with E-state index in [0.29, 0.717) is 31.9 Å². The van der Waals surface area contributed by atoms with Gasteiger partial charge in [-0.05, 0) is 62.6 Å². The number of allylic oxidation sites excluding steroid dienone is 1. The van der Waals surface area contributed by atoms with Crippen LogP contribution >= 0.6 is 54.5 Å². The van der Waals surface area contributed by atoms with Gasteiger partial charge in [0.25, 0.3) is 0 Å². The van der Waals surface area contributed by atoms with Gasteiger partial charge < -0.3 is 4.42 Å². The molecule has 0 aliphatic carbocycles. The monoisotopic (exact) mass is 518 g/mol. The minimum atomic E-state index is -0.470. The van der Waals surface area contributed by atoms with Crippen LogP contribution in [0, 0.1) is 11.3 Å². The van der Waals surface area contributed by atoms with Crippen LogP contribution < -0.4 is 5.63 Å². The first-order valence-electron chi connectivity index (χ1n) is 7.58. The van der Waals surface area contributed by atoms with Crippen molar-refractivity contribution in [2.75, 3.05) is 0 Å². The summed E-state index contributed by atoms with van der Waals surface area (Å²) < 4.78 is 7.04. The molecule has 0 bridgehead atoms. The van der Waals surface area contributed by atoms with E-state index in [1.165, 1.54) is 11.3 Å². The van der Waals surface area contributed by atoms with Gasteiger partial charge in [-0.3, -0.25) is 0 Å². The van der Waals surface area contributed by atoms with Crippen LogP contribution in [0.4, 0.5) is 0 Å². The fraction of sp³-hybridized carbons (Fsp3) is 0. The van der Waals surface area contributed by atoms with Gasteiger partial charge in [0.15, 0.2) is 5.58 Å². The summed E-state index contributed by atoms with van der Waals surface area (Å²) >= 11 is 9.73. The van der Waals surface area contributed by atoms with E-state index in [4.69, 9.17) is 4.42 Å². The summed E-state index contributed by atoms with van der Waals surface area (Å²) in [5.74, 6) is 0. The highest BCUT2D eigenvalue weighted by molar-refractivity contribution is 9.11. The summed E-state index contributed by atoms with van der Waals surface area (Å²) in [6.45, 7) is 0. The smallest absolute Gasteiger partial charge is 0.345 e. The van der Waals surface area contributed by atoms with E-state index in [1.54, 1.807) is 28.9 Å². The van der Waals surface area contributed by atoms with Gasteiger partial charge in [-0.25, -0.2) is 9.78 Å². The Morgan fingerprint density at radius 1 is 1.26 bits per heavy atom.